The van der Waals surface area contributed by atoms with Crippen LogP contribution in [0, 0.1) is 23.7 Å². The van der Waals surface area contributed by atoms with Gasteiger partial charge in [-0.15, -0.1) is 0 Å². The predicted molar refractivity (Wildman–Crippen MR) is 66.8 cm³/mol. The first-order valence-electron chi connectivity index (χ1n) is 6.86. The van der Waals surface area contributed by atoms with Crippen LogP contribution in [-0.4, -0.2) is 0 Å². The molecule has 0 saturated heterocycles. The molecule has 0 nitrogen and oxygen atoms in total. The molecular weight excluding hydrogens is 180 g/mol. The summed E-state index contributed by atoms with van der Waals surface area (Å²) in [4.78, 5) is 0. The summed E-state index contributed by atoms with van der Waals surface area (Å²) in [7, 11) is 0. The van der Waals surface area contributed by atoms with Gasteiger partial charge in [0, 0.05) is 0 Å². The summed E-state index contributed by atoms with van der Waals surface area (Å²) >= 11 is 0. The van der Waals surface area contributed by atoms with Gasteiger partial charge in [0.25, 0.3) is 0 Å². The van der Waals surface area contributed by atoms with E-state index in [2.05, 4.69) is 20.4 Å². The smallest absolute Gasteiger partial charge is 0.0206 e. The summed E-state index contributed by atoms with van der Waals surface area (Å²) < 4.78 is 0. The molecule has 0 heterocycles. The van der Waals surface area contributed by atoms with Gasteiger partial charge in [-0.1, -0.05) is 51.7 Å². The lowest BCUT2D eigenvalue weighted by Gasteiger charge is -2.36. The standard InChI is InChI=1S/C15H26/c1-11(13(3)15-8-5-9-15)10-12(2)14-6-4-7-14/h12-15H,1,4-10H2,2-3H3. The van der Waals surface area contributed by atoms with E-state index in [1.807, 2.05) is 0 Å². The van der Waals surface area contributed by atoms with Crippen molar-refractivity contribution in [2.45, 2.75) is 58.8 Å². The highest BCUT2D eigenvalue weighted by molar-refractivity contribution is 5.04. The summed E-state index contributed by atoms with van der Waals surface area (Å²) in [6, 6.07) is 0. The Kier molecular flexibility index (Phi) is 3.53. The maximum absolute atomic E-state index is 4.34. The van der Waals surface area contributed by atoms with Gasteiger partial charge < -0.3 is 0 Å². The van der Waals surface area contributed by atoms with E-state index >= 15 is 0 Å². The molecule has 0 radical (unpaired) electrons. The quantitative estimate of drug-likeness (QED) is 0.566. The zero-order valence-corrected chi connectivity index (χ0v) is 10.5. The fourth-order valence-corrected chi connectivity index (χ4v) is 3.05. The molecule has 2 saturated carbocycles. The lowest BCUT2D eigenvalue weighted by atomic mass is 9.69. The molecule has 0 bridgehead atoms. The molecule has 0 aliphatic heterocycles. The van der Waals surface area contributed by atoms with Crippen molar-refractivity contribution in [2.75, 3.05) is 0 Å². The summed E-state index contributed by atoms with van der Waals surface area (Å²) in [6.07, 6.45) is 10.1. The molecular formula is C15H26. The SMILES string of the molecule is C=C(CC(C)C1CCC1)C(C)C1CCC1. The van der Waals surface area contributed by atoms with Crippen LogP contribution in [0.4, 0.5) is 0 Å². The van der Waals surface area contributed by atoms with E-state index in [0.29, 0.717) is 0 Å². The number of rotatable bonds is 5. The van der Waals surface area contributed by atoms with E-state index in [1.54, 1.807) is 5.57 Å². The minimum atomic E-state index is 0.793. The Morgan fingerprint density at radius 1 is 1.07 bits per heavy atom. The predicted octanol–water partition coefficient (Wildman–Crippen LogP) is 4.81. The van der Waals surface area contributed by atoms with Gasteiger partial charge in [-0.2, -0.15) is 0 Å². The van der Waals surface area contributed by atoms with E-state index in [-0.39, 0.29) is 0 Å². The second-order valence-corrected chi connectivity index (χ2v) is 6.01. The molecule has 86 valence electrons. The van der Waals surface area contributed by atoms with Gasteiger partial charge in [0.15, 0.2) is 0 Å². The molecule has 2 fully saturated rings. The summed E-state index contributed by atoms with van der Waals surface area (Å²) in [5.74, 6) is 3.69. The van der Waals surface area contributed by atoms with Crippen molar-refractivity contribution in [1.29, 1.82) is 0 Å². The molecule has 2 aliphatic carbocycles. The number of hydrogen-bond donors (Lipinski definition) is 0. The normalized spacial score (nSPS) is 26.5. The summed E-state index contributed by atoms with van der Waals surface area (Å²) in [6.45, 7) is 9.17. The molecule has 2 unspecified atom stereocenters. The highest BCUT2D eigenvalue weighted by atomic mass is 14.3. The second kappa shape index (κ2) is 4.72. The van der Waals surface area contributed by atoms with Crippen molar-refractivity contribution < 1.29 is 0 Å². The van der Waals surface area contributed by atoms with Gasteiger partial charge in [0.1, 0.15) is 0 Å². The van der Waals surface area contributed by atoms with E-state index in [4.69, 9.17) is 0 Å². The molecule has 2 atom stereocenters. The van der Waals surface area contributed by atoms with Crippen molar-refractivity contribution >= 4 is 0 Å². The molecule has 0 N–H and O–H groups in total. The third kappa shape index (κ3) is 2.46. The fraction of sp³-hybridized carbons (Fsp3) is 0.867. The van der Waals surface area contributed by atoms with Crippen LogP contribution in [0.25, 0.3) is 0 Å². The highest BCUT2D eigenvalue weighted by Gasteiger charge is 2.29. The first-order valence-corrected chi connectivity index (χ1v) is 6.86. The topological polar surface area (TPSA) is 0 Å². The minimum Gasteiger partial charge on any atom is -0.0996 e. The molecule has 0 aromatic heterocycles. The first kappa shape index (κ1) is 11.2. The van der Waals surface area contributed by atoms with Crippen LogP contribution >= 0.6 is 0 Å². The lowest BCUT2D eigenvalue weighted by molar-refractivity contribution is 0.201. The monoisotopic (exact) mass is 206 g/mol. The number of hydrogen-bond acceptors (Lipinski definition) is 0. The molecule has 0 spiro atoms. The molecule has 2 aliphatic rings. The largest absolute Gasteiger partial charge is 0.0996 e. The van der Waals surface area contributed by atoms with Gasteiger partial charge in [0.05, 0.1) is 0 Å². The van der Waals surface area contributed by atoms with Crippen LogP contribution in [0.1, 0.15) is 58.8 Å². The van der Waals surface area contributed by atoms with Crippen molar-refractivity contribution in [3.63, 3.8) is 0 Å². The Bertz CT molecular complexity index is 220. The van der Waals surface area contributed by atoms with Crippen LogP contribution in [0.2, 0.25) is 0 Å². The Morgan fingerprint density at radius 2 is 1.60 bits per heavy atom. The molecule has 15 heavy (non-hydrogen) atoms. The summed E-state index contributed by atoms with van der Waals surface area (Å²) in [5.41, 5.74) is 1.54. The Morgan fingerprint density at radius 3 is 2.00 bits per heavy atom. The van der Waals surface area contributed by atoms with Crippen LogP contribution in [0.15, 0.2) is 12.2 Å². The zero-order valence-electron chi connectivity index (χ0n) is 10.5. The molecule has 0 aromatic carbocycles. The van der Waals surface area contributed by atoms with Crippen LogP contribution in [-0.2, 0) is 0 Å². The van der Waals surface area contributed by atoms with Gasteiger partial charge in [0.2, 0.25) is 0 Å². The van der Waals surface area contributed by atoms with Crippen LogP contribution in [0.5, 0.6) is 0 Å². The van der Waals surface area contributed by atoms with E-state index in [1.165, 1.54) is 44.9 Å². The van der Waals surface area contributed by atoms with Crippen molar-refractivity contribution in [3.8, 4) is 0 Å². The summed E-state index contributed by atoms with van der Waals surface area (Å²) in [5, 5.41) is 0. The average molecular weight is 206 g/mol. The second-order valence-electron chi connectivity index (χ2n) is 6.01. The zero-order chi connectivity index (χ0) is 10.8. The van der Waals surface area contributed by atoms with E-state index < -0.39 is 0 Å². The molecule has 0 amide bonds. The fourth-order valence-electron chi connectivity index (χ4n) is 3.05. The average Bonchev–Trinajstić information content (AvgIpc) is 1.96. The maximum atomic E-state index is 4.34. The lowest BCUT2D eigenvalue weighted by Crippen LogP contribution is -2.24. The Balaban J connectivity index is 1.74. The first-order chi connectivity index (χ1) is 7.18. The van der Waals surface area contributed by atoms with E-state index in [0.717, 1.165) is 23.7 Å². The van der Waals surface area contributed by atoms with Gasteiger partial charge in [-0.25, -0.2) is 0 Å². The Hall–Kier alpha value is -0.260. The molecule has 0 heteroatoms. The van der Waals surface area contributed by atoms with Crippen molar-refractivity contribution in [1.82, 2.24) is 0 Å². The third-order valence-electron chi connectivity index (χ3n) is 5.04. The van der Waals surface area contributed by atoms with Crippen molar-refractivity contribution in [2.24, 2.45) is 23.7 Å². The molecule has 2 rings (SSSR count). The maximum Gasteiger partial charge on any atom is -0.0206 e. The molecule has 0 aromatic rings. The van der Waals surface area contributed by atoms with Gasteiger partial charge in [-0.05, 0) is 42.9 Å². The van der Waals surface area contributed by atoms with Crippen LogP contribution in [0.3, 0.4) is 0 Å². The highest BCUT2D eigenvalue weighted by Crippen LogP contribution is 2.41. The van der Waals surface area contributed by atoms with Gasteiger partial charge in [-0.3, -0.25) is 0 Å². The number of allylic oxidation sites excluding steroid dienone is 1. The third-order valence-corrected chi connectivity index (χ3v) is 5.04. The van der Waals surface area contributed by atoms with Crippen molar-refractivity contribution in [3.05, 3.63) is 12.2 Å². The van der Waals surface area contributed by atoms with E-state index in [9.17, 15) is 0 Å². The van der Waals surface area contributed by atoms with Gasteiger partial charge >= 0.3 is 0 Å². The van der Waals surface area contributed by atoms with Crippen LogP contribution < -0.4 is 0 Å². The minimum absolute atomic E-state index is 0.793. The Labute approximate surface area is 95.1 Å².